The molecule has 6 nitrogen and oxygen atoms in total. The summed E-state index contributed by atoms with van der Waals surface area (Å²) in [6.45, 7) is 1.85. The fraction of sp³-hybridized carbons (Fsp3) is 0.167. The Labute approximate surface area is 289 Å². The molecule has 4 atom stereocenters. The zero-order valence-electron chi connectivity index (χ0n) is 27.1. The molecular formula is C42H32ClNO5. The predicted octanol–water partition coefficient (Wildman–Crippen LogP) is 7.85. The molecule has 3 aliphatic rings. The maximum absolute atomic E-state index is 16.1. The fourth-order valence-corrected chi connectivity index (χ4v) is 8.87. The van der Waals surface area contributed by atoms with Crippen LogP contribution in [0, 0.1) is 18.8 Å². The molecule has 0 N–H and O–H groups in total. The average molecular weight is 666 g/mol. The molecule has 1 saturated heterocycles. The van der Waals surface area contributed by atoms with Crippen molar-refractivity contribution >= 4 is 46.0 Å². The second kappa shape index (κ2) is 11.3. The summed E-state index contributed by atoms with van der Waals surface area (Å²) in [5.41, 5.74) is 2.37. The lowest BCUT2D eigenvalue weighted by Crippen LogP contribution is -2.45. The van der Waals surface area contributed by atoms with Gasteiger partial charge in [0.2, 0.25) is 11.8 Å². The molecule has 1 aliphatic heterocycles. The van der Waals surface area contributed by atoms with E-state index in [1.807, 2.05) is 116 Å². The highest BCUT2D eigenvalue weighted by molar-refractivity contribution is 6.39. The lowest BCUT2D eigenvalue weighted by molar-refractivity contribution is -0.130. The lowest BCUT2D eigenvalue weighted by atomic mass is 9.59. The van der Waals surface area contributed by atoms with Gasteiger partial charge in [0.05, 0.1) is 42.6 Å². The summed E-state index contributed by atoms with van der Waals surface area (Å²) in [5, 5.41) is 0.406. The van der Waals surface area contributed by atoms with E-state index < -0.39 is 34.5 Å². The van der Waals surface area contributed by atoms with Crippen molar-refractivity contribution in [2.45, 2.75) is 17.8 Å². The third-order valence-electron chi connectivity index (χ3n) is 10.6. The molecule has 5 aromatic carbocycles. The van der Waals surface area contributed by atoms with Crippen molar-refractivity contribution in [3.8, 4) is 11.5 Å². The Balaban J connectivity index is 1.55. The molecule has 7 heteroatoms. The summed E-state index contributed by atoms with van der Waals surface area (Å²) < 4.78 is 11.0. The molecule has 49 heavy (non-hydrogen) atoms. The van der Waals surface area contributed by atoms with Crippen molar-refractivity contribution in [1.82, 2.24) is 0 Å². The van der Waals surface area contributed by atoms with E-state index in [1.54, 1.807) is 32.4 Å². The quantitative estimate of drug-likeness (QED) is 0.166. The van der Waals surface area contributed by atoms with Crippen LogP contribution in [0.1, 0.15) is 27.8 Å². The van der Waals surface area contributed by atoms with Crippen LogP contribution < -0.4 is 14.4 Å². The van der Waals surface area contributed by atoms with E-state index in [-0.39, 0.29) is 5.78 Å². The number of Topliss-reactive ketones (excluding diaryl/α,β-unsaturated/α-hetero) is 1. The highest BCUT2D eigenvalue weighted by atomic mass is 35.5. The molecule has 242 valence electrons. The number of amides is 2. The van der Waals surface area contributed by atoms with E-state index in [1.165, 1.54) is 4.90 Å². The Morgan fingerprint density at radius 2 is 1.02 bits per heavy atom. The van der Waals surface area contributed by atoms with Crippen molar-refractivity contribution in [2.75, 3.05) is 19.1 Å². The van der Waals surface area contributed by atoms with Crippen LogP contribution in [0.2, 0.25) is 5.02 Å². The number of anilines is 1. The molecule has 8 rings (SSSR count). The van der Waals surface area contributed by atoms with Crippen molar-refractivity contribution in [2.24, 2.45) is 11.8 Å². The number of methoxy groups -OCH3 is 2. The van der Waals surface area contributed by atoms with E-state index in [2.05, 4.69) is 0 Å². The normalized spacial score (nSPS) is 24.1. The minimum absolute atomic E-state index is 0.187. The third-order valence-corrected chi connectivity index (χ3v) is 10.9. The molecule has 0 unspecified atom stereocenters. The van der Waals surface area contributed by atoms with E-state index in [0.29, 0.717) is 44.5 Å². The average Bonchev–Trinajstić information content (AvgIpc) is 3.65. The smallest absolute Gasteiger partial charge is 0.239 e. The maximum atomic E-state index is 16.1. The van der Waals surface area contributed by atoms with Gasteiger partial charge in [-0.1, -0.05) is 103 Å². The van der Waals surface area contributed by atoms with Gasteiger partial charge in [0.25, 0.3) is 0 Å². The topological polar surface area (TPSA) is 72.9 Å². The zero-order chi connectivity index (χ0) is 34.1. The molecule has 1 saturated carbocycles. The highest BCUT2D eigenvalue weighted by Gasteiger charge is 2.82. The lowest BCUT2D eigenvalue weighted by Gasteiger charge is -2.39. The van der Waals surface area contributed by atoms with Crippen molar-refractivity contribution in [3.05, 3.63) is 160 Å². The monoisotopic (exact) mass is 665 g/mol. The summed E-state index contributed by atoms with van der Waals surface area (Å²) in [6, 6.07) is 39.3. The Morgan fingerprint density at radius 1 is 0.592 bits per heavy atom. The molecule has 0 spiro atoms. The molecule has 5 aromatic rings. The van der Waals surface area contributed by atoms with E-state index >= 15 is 14.4 Å². The van der Waals surface area contributed by atoms with Gasteiger partial charge in [-0.2, -0.15) is 0 Å². The number of carbonyl (C=O) groups excluding carboxylic acids is 3. The number of aryl methyl sites for hydroxylation is 1. The van der Waals surface area contributed by atoms with Crippen LogP contribution in [0.3, 0.4) is 0 Å². The molecule has 2 fully saturated rings. The van der Waals surface area contributed by atoms with Crippen LogP contribution in [0.15, 0.2) is 127 Å². The second-order valence-corrected chi connectivity index (χ2v) is 13.2. The number of halogens is 1. The number of fused-ring (bicyclic) bond motifs is 5. The van der Waals surface area contributed by atoms with Crippen LogP contribution in [0.4, 0.5) is 5.69 Å². The summed E-state index contributed by atoms with van der Waals surface area (Å²) in [4.78, 5) is 47.7. The molecule has 1 heterocycles. The second-order valence-electron chi connectivity index (χ2n) is 12.8. The summed E-state index contributed by atoms with van der Waals surface area (Å²) in [6.07, 6.45) is 0. The van der Waals surface area contributed by atoms with Crippen LogP contribution in [0.25, 0.3) is 11.1 Å². The number of allylic oxidation sites excluding steroid dienone is 2. The number of hydrogen-bond acceptors (Lipinski definition) is 5. The van der Waals surface area contributed by atoms with Gasteiger partial charge < -0.3 is 9.47 Å². The predicted molar refractivity (Wildman–Crippen MR) is 190 cm³/mol. The Bertz CT molecular complexity index is 2050. The van der Waals surface area contributed by atoms with Crippen molar-refractivity contribution in [3.63, 3.8) is 0 Å². The Morgan fingerprint density at radius 3 is 1.43 bits per heavy atom. The van der Waals surface area contributed by atoms with E-state index in [9.17, 15) is 0 Å². The zero-order valence-corrected chi connectivity index (χ0v) is 27.9. The fourth-order valence-electron chi connectivity index (χ4n) is 8.70. The number of hydrogen-bond donors (Lipinski definition) is 0. The van der Waals surface area contributed by atoms with Gasteiger partial charge in [0.15, 0.2) is 5.78 Å². The Hall–Kier alpha value is -5.46. The number of ether oxygens (including phenoxy) is 2. The minimum Gasteiger partial charge on any atom is -0.497 e. The van der Waals surface area contributed by atoms with Crippen LogP contribution in [-0.2, 0) is 25.2 Å². The van der Waals surface area contributed by atoms with Gasteiger partial charge in [-0.15, -0.1) is 0 Å². The number of benzene rings is 5. The third kappa shape index (κ3) is 4.04. The highest BCUT2D eigenvalue weighted by Crippen LogP contribution is 2.74. The minimum atomic E-state index is -1.51. The van der Waals surface area contributed by atoms with Crippen LogP contribution >= 0.6 is 11.6 Å². The standard InChI is InChI=1S/C42H32ClNO5/c1-25-14-19-30(43)24-33(25)44-38(45)36-37(39(44)46)42(29-12-8-5-9-13-29)35(27-17-22-32(49-3)23-18-27)34(26-15-20-31(48-2)21-16-26)41(36,40(42)47)28-10-6-4-7-11-28/h4-24,36-37H,1-3H3/t36-,37+,41-,42-/m1/s1. The molecule has 2 aliphatic carbocycles. The van der Waals surface area contributed by atoms with Crippen molar-refractivity contribution in [1.29, 1.82) is 0 Å². The van der Waals surface area contributed by atoms with Gasteiger partial charge in [0, 0.05) is 5.02 Å². The van der Waals surface area contributed by atoms with Gasteiger partial charge in [-0.05, 0) is 82.3 Å². The van der Waals surface area contributed by atoms with E-state index in [0.717, 1.165) is 16.7 Å². The van der Waals surface area contributed by atoms with Gasteiger partial charge in [-0.3, -0.25) is 14.4 Å². The molecule has 2 bridgehead atoms. The largest absolute Gasteiger partial charge is 0.497 e. The maximum Gasteiger partial charge on any atom is 0.239 e. The van der Waals surface area contributed by atoms with Gasteiger partial charge in [0.1, 0.15) is 11.5 Å². The van der Waals surface area contributed by atoms with E-state index in [4.69, 9.17) is 21.1 Å². The molecule has 2 amide bonds. The van der Waals surface area contributed by atoms with Gasteiger partial charge >= 0.3 is 0 Å². The molecule has 0 radical (unpaired) electrons. The first-order valence-corrected chi connectivity index (χ1v) is 16.5. The summed E-state index contributed by atoms with van der Waals surface area (Å²) in [5.74, 6) is -1.79. The number of nitrogens with zero attached hydrogens (tertiary/aromatic N) is 1. The SMILES string of the molecule is COc1ccc(C2=C(c3ccc(OC)cc3)[C@@]3(c4ccccc4)C(=O)[C@@]2(c2ccccc2)[C@@H]2C(=O)N(c4cc(Cl)ccc4C)C(=O)[C@@H]23)cc1. The Kier molecular flexibility index (Phi) is 7.12. The molecule has 0 aromatic heterocycles. The molecular weight excluding hydrogens is 634 g/mol. The number of carbonyl (C=O) groups is 3. The number of ketones is 1. The van der Waals surface area contributed by atoms with Gasteiger partial charge in [-0.25, -0.2) is 4.90 Å². The first-order chi connectivity index (χ1) is 23.8. The number of rotatable bonds is 7. The van der Waals surface area contributed by atoms with Crippen LogP contribution in [0.5, 0.6) is 11.5 Å². The summed E-state index contributed by atoms with van der Waals surface area (Å²) in [7, 11) is 3.21. The van der Waals surface area contributed by atoms with Crippen LogP contribution in [-0.4, -0.2) is 31.8 Å². The summed E-state index contributed by atoms with van der Waals surface area (Å²) >= 11 is 6.47. The van der Waals surface area contributed by atoms with Crippen molar-refractivity contribution < 1.29 is 23.9 Å². The first-order valence-electron chi connectivity index (χ1n) is 16.1. The number of imide groups is 1. The first kappa shape index (κ1) is 30.8.